The molecule has 0 bridgehead atoms. The Hall–Kier alpha value is -16.4. The topological polar surface area (TPSA) is 0 Å². The van der Waals surface area contributed by atoms with E-state index in [1.54, 1.807) is 0 Å². The molecule has 0 saturated heterocycles. The summed E-state index contributed by atoms with van der Waals surface area (Å²) in [5.74, 6) is 0. The molecule has 0 N–H and O–H groups in total. The first-order chi connectivity index (χ1) is 62.5. The van der Waals surface area contributed by atoms with Crippen LogP contribution < -0.4 is 0 Å². The van der Waals surface area contributed by atoms with Gasteiger partial charge in [-0.15, -0.1) is 0 Å². The maximum atomic E-state index is 2.33. The van der Waals surface area contributed by atoms with Crippen LogP contribution in [0.15, 0.2) is 473 Å². The molecule has 0 atom stereocenters. The number of hydrogen-bond donors (Lipinski definition) is 0. The molecule has 0 saturated carbocycles. The van der Waals surface area contributed by atoms with E-state index in [1.807, 2.05) is 0 Å². The van der Waals surface area contributed by atoms with Gasteiger partial charge in [-0.25, -0.2) is 0 Å². The molecule has 30 aromatic carbocycles. The van der Waals surface area contributed by atoms with Crippen LogP contribution in [0.3, 0.4) is 0 Å². The minimum absolute atomic E-state index is 1.30. The summed E-state index contributed by atoms with van der Waals surface area (Å²) in [5, 5.41) is 64.3. The lowest BCUT2D eigenvalue weighted by Gasteiger charge is -2.13. The van der Waals surface area contributed by atoms with Gasteiger partial charge in [-0.2, -0.15) is 0 Å². The molecule has 30 rings (SSSR count). The predicted octanol–water partition coefficient (Wildman–Crippen LogP) is 36.1. The zero-order valence-electron chi connectivity index (χ0n) is 69.0. The fraction of sp³-hybridized carbons (Fsp3) is 0. The van der Waals surface area contributed by atoms with E-state index >= 15 is 0 Å². The first-order valence-corrected chi connectivity index (χ1v) is 43.8. The molecule has 0 amide bonds. The van der Waals surface area contributed by atoms with Gasteiger partial charge in [0.25, 0.3) is 0 Å². The van der Waals surface area contributed by atoms with Crippen molar-refractivity contribution in [3.63, 3.8) is 0 Å². The fourth-order valence-corrected chi connectivity index (χ4v) is 21.3. The third kappa shape index (κ3) is 12.0. The molecule has 0 radical (unpaired) electrons. The molecule has 30 aromatic rings. The van der Waals surface area contributed by atoms with Gasteiger partial charge in [-0.1, -0.05) is 437 Å². The van der Waals surface area contributed by atoms with Gasteiger partial charge in [0.2, 0.25) is 0 Å². The van der Waals surface area contributed by atoms with Crippen molar-refractivity contribution in [3.8, 4) is 0 Å². The van der Waals surface area contributed by atoms with Crippen molar-refractivity contribution in [3.05, 3.63) is 473 Å². The molecule has 0 aliphatic carbocycles. The molecule has 126 heavy (non-hydrogen) atoms. The summed E-state index contributed by atoms with van der Waals surface area (Å²) >= 11 is 0. The maximum absolute atomic E-state index is 2.33. The van der Waals surface area contributed by atoms with E-state index in [1.165, 1.54) is 259 Å². The molecule has 582 valence electrons. The van der Waals surface area contributed by atoms with Crippen molar-refractivity contribution in [2.75, 3.05) is 0 Å². The van der Waals surface area contributed by atoms with Crippen LogP contribution in [0.2, 0.25) is 0 Å². The van der Waals surface area contributed by atoms with Crippen molar-refractivity contribution < 1.29 is 0 Å². The third-order valence-corrected chi connectivity index (χ3v) is 27.0. The summed E-state index contributed by atoms with van der Waals surface area (Å²) in [4.78, 5) is 0. The van der Waals surface area contributed by atoms with Crippen molar-refractivity contribution in [1.29, 1.82) is 0 Å². The molecule has 0 heterocycles. The van der Waals surface area contributed by atoms with Gasteiger partial charge in [0.1, 0.15) is 0 Å². The van der Waals surface area contributed by atoms with E-state index in [0.29, 0.717) is 0 Å². The summed E-state index contributed by atoms with van der Waals surface area (Å²) in [6, 6.07) is 172. The molecule has 0 aromatic heterocycles. The van der Waals surface area contributed by atoms with Crippen LogP contribution in [-0.4, -0.2) is 0 Å². The SMILES string of the molecule is c1cc2cccc3c4cccc5cccc(c(c1)c23)c54.c1cc2cccc3c4cccc5cccc(c(c1)c23)c54.c1cc2cccc3c4cccc5cccc(c(c1)c23)c54.c1ccc2c(c1)ccc1cc3c(ccc4ccccc43)cc12.c1ccc2c(c1)ccc1cc3c(ccc4ccccc43)cc12.c1ccc2c(c1)ccc1cc3c(ccc4ccccc43)cc12. The Labute approximate surface area is 726 Å². The summed E-state index contributed by atoms with van der Waals surface area (Å²) in [6.07, 6.45) is 0. The van der Waals surface area contributed by atoms with Crippen molar-refractivity contribution in [1.82, 2.24) is 0 Å². The van der Waals surface area contributed by atoms with Crippen molar-refractivity contribution in [2.24, 2.45) is 0 Å². The van der Waals surface area contributed by atoms with E-state index in [-0.39, 0.29) is 0 Å². The Balaban J connectivity index is 0.0000000825. The summed E-state index contributed by atoms with van der Waals surface area (Å²) < 4.78 is 0. The second kappa shape index (κ2) is 29.8. The van der Waals surface area contributed by atoms with Crippen LogP contribution in [0, 0.1) is 0 Å². The highest BCUT2D eigenvalue weighted by molar-refractivity contribution is 6.36. The summed E-state index contributed by atoms with van der Waals surface area (Å²) in [6.45, 7) is 0. The molecule has 0 nitrogen and oxygen atoms in total. The highest BCUT2D eigenvalue weighted by Crippen LogP contribution is 2.45. The zero-order chi connectivity index (χ0) is 82.9. The molecule has 0 aliphatic heterocycles. The summed E-state index contributed by atoms with van der Waals surface area (Å²) in [7, 11) is 0. The quantitative estimate of drug-likeness (QED) is 0.105. The second-order valence-corrected chi connectivity index (χ2v) is 33.9. The van der Waals surface area contributed by atoms with Gasteiger partial charge in [-0.3, -0.25) is 0 Å². The molecule has 0 spiro atoms. The minimum atomic E-state index is 1.30. The number of hydrogen-bond acceptors (Lipinski definition) is 0. The van der Waals surface area contributed by atoms with E-state index < -0.39 is 0 Å². The van der Waals surface area contributed by atoms with Crippen LogP contribution in [-0.2, 0) is 0 Å². The van der Waals surface area contributed by atoms with E-state index in [9.17, 15) is 0 Å². The molecular formula is C126H78. The molecular weight excluding hydrogens is 1510 g/mol. The Morgan fingerprint density at radius 1 is 0.0635 bits per heavy atom. The predicted molar refractivity (Wildman–Crippen MR) is 552 cm³/mol. The van der Waals surface area contributed by atoms with E-state index in [4.69, 9.17) is 0 Å². The molecule has 0 fully saturated rings. The number of benzene rings is 30. The second-order valence-electron chi connectivity index (χ2n) is 33.9. The lowest BCUT2D eigenvalue weighted by atomic mass is 9.90. The lowest BCUT2D eigenvalue weighted by Crippen LogP contribution is -1.85. The smallest absolute Gasteiger partial charge is 0.00264 e. The third-order valence-electron chi connectivity index (χ3n) is 27.0. The average Bonchev–Trinajstić information content (AvgIpc) is 0.730. The minimum Gasteiger partial charge on any atom is -0.0616 e. The molecule has 0 unspecified atom stereocenters. The van der Waals surface area contributed by atoms with Crippen LogP contribution in [0.25, 0.3) is 259 Å². The van der Waals surface area contributed by atoms with Gasteiger partial charge >= 0.3 is 0 Å². The Morgan fingerprint density at radius 2 is 0.167 bits per heavy atom. The van der Waals surface area contributed by atoms with Crippen LogP contribution in [0.5, 0.6) is 0 Å². The van der Waals surface area contributed by atoms with Gasteiger partial charge in [-0.05, 0) is 295 Å². The maximum Gasteiger partial charge on any atom is -0.00264 e. The van der Waals surface area contributed by atoms with Gasteiger partial charge in [0.15, 0.2) is 0 Å². The first kappa shape index (κ1) is 72.4. The normalized spacial score (nSPS) is 11.8. The largest absolute Gasteiger partial charge is 0.0616 e. The van der Waals surface area contributed by atoms with Crippen LogP contribution in [0.1, 0.15) is 0 Å². The fourth-order valence-electron chi connectivity index (χ4n) is 21.3. The van der Waals surface area contributed by atoms with Crippen LogP contribution in [0.4, 0.5) is 0 Å². The summed E-state index contributed by atoms with van der Waals surface area (Å²) in [5.41, 5.74) is 0. The zero-order valence-corrected chi connectivity index (χ0v) is 69.0. The van der Waals surface area contributed by atoms with E-state index in [2.05, 4.69) is 473 Å². The number of fused-ring (bicyclic) bond motifs is 24. The Morgan fingerprint density at radius 3 is 0.302 bits per heavy atom. The van der Waals surface area contributed by atoms with Gasteiger partial charge in [0, 0.05) is 0 Å². The first-order valence-electron chi connectivity index (χ1n) is 43.8. The molecule has 0 aliphatic rings. The Bertz CT molecular complexity index is 7960. The lowest BCUT2D eigenvalue weighted by molar-refractivity contribution is 1.78. The van der Waals surface area contributed by atoms with Crippen molar-refractivity contribution in [2.45, 2.75) is 0 Å². The van der Waals surface area contributed by atoms with Crippen molar-refractivity contribution >= 4 is 259 Å². The van der Waals surface area contributed by atoms with E-state index in [0.717, 1.165) is 0 Å². The van der Waals surface area contributed by atoms with Crippen LogP contribution >= 0.6 is 0 Å². The molecule has 0 heteroatoms. The monoisotopic (exact) mass is 1590 g/mol. The Kier molecular flexibility index (Phi) is 17.1. The average molecular weight is 1590 g/mol. The standard InChI is InChI=1S/3C22H14.3C20H12/c3*1-3-7-19-15(5-1)9-11-17-14-22-18(13-21(17)19)12-10-16-6-2-4-8-20(16)22;3*1-5-13-6-2-11-17-18-12-4-8-14-7-3-10-16(20(14)18)15(9-1)19(13)17/h3*1-14H;3*1-12H. The highest BCUT2D eigenvalue weighted by Gasteiger charge is 2.17. The number of rotatable bonds is 0. The van der Waals surface area contributed by atoms with Gasteiger partial charge in [0.05, 0.1) is 0 Å². The highest BCUT2D eigenvalue weighted by atomic mass is 14.2. The van der Waals surface area contributed by atoms with Gasteiger partial charge < -0.3 is 0 Å².